The van der Waals surface area contributed by atoms with Crippen LogP contribution in [0.1, 0.15) is 48.5 Å². The molecule has 2 aromatic carbocycles. The zero-order valence-corrected chi connectivity index (χ0v) is 20.7. The number of hydrogen-bond donors (Lipinski definition) is 4. The van der Waals surface area contributed by atoms with Crippen LogP contribution in [0.25, 0.3) is 16.7 Å². The van der Waals surface area contributed by atoms with Gasteiger partial charge in [-0.1, -0.05) is 23.4 Å². The van der Waals surface area contributed by atoms with E-state index in [2.05, 4.69) is 25.9 Å². The Balaban J connectivity index is 1.38. The number of carboxylic acid groups (broad SMARTS) is 1. The molecule has 5 rings (SSSR count). The first-order valence-corrected chi connectivity index (χ1v) is 11.6. The number of fused-ring (bicyclic) bond motifs is 2. The van der Waals surface area contributed by atoms with E-state index in [1.165, 1.54) is 41.1 Å². The lowest BCUT2D eigenvalue weighted by molar-refractivity contribution is -0.120. The van der Waals surface area contributed by atoms with Crippen LogP contribution in [0.5, 0.6) is 0 Å². The first-order valence-electron chi connectivity index (χ1n) is 11.6. The number of amides is 3. The number of carboxylic acids is 1. The summed E-state index contributed by atoms with van der Waals surface area (Å²) in [4.78, 5) is 65.3. The summed E-state index contributed by atoms with van der Waals surface area (Å²) >= 11 is 0. The molecule has 15 heteroatoms. The molecule has 0 saturated heterocycles. The number of aryl methyl sites for hydroxylation is 1. The molecule has 3 amide bonds. The van der Waals surface area contributed by atoms with Crippen LogP contribution in [0, 0.1) is 0 Å². The third-order valence-electron chi connectivity index (χ3n) is 6.09. The third kappa shape index (κ3) is 4.85. The number of aromatic carboxylic acids is 1. The molecule has 0 aliphatic rings. The molecule has 5 aromatic rings. The van der Waals surface area contributed by atoms with Crippen molar-refractivity contribution >= 4 is 40.4 Å². The van der Waals surface area contributed by atoms with E-state index in [9.17, 15) is 24.0 Å². The zero-order chi connectivity index (χ0) is 28.6. The number of rotatable bonds is 8. The van der Waals surface area contributed by atoms with Crippen LogP contribution in [0.2, 0.25) is 0 Å². The fourth-order valence-corrected chi connectivity index (χ4v) is 4.00. The molecule has 0 radical (unpaired) electrons. The van der Waals surface area contributed by atoms with Gasteiger partial charge in [0.2, 0.25) is 5.91 Å². The molecule has 0 spiro atoms. The van der Waals surface area contributed by atoms with E-state index in [0.29, 0.717) is 16.7 Å². The molecule has 0 aliphatic heterocycles. The monoisotopic (exact) mass is 544 g/mol. The van der Waals surface area contributed by atoms with Crippen molar-refractivity contribution < 1.29 is 28.7 Å². The fourth-order valence-electron chi connectivity index (χ4n) is 4.00. The number of oxazole rings is 1. The maximum Gasteiger partial charge on any atom is 0.419 e. The molecule has 1 atom stereocenters. The topological polar surface area (TPSA) is 217 Å². The van der Waals surface area contributed by atoms with Gasteiger partial charge in [0.15, 0.2) is 11.2 Å². The predicted molar refractivity (Wildman–Crippen MR) is 136 cm³/mol. The van der Waals surface area contributed by atoms with E-state index in [-0.39, 0.29) is 34.7 Å². The first-order chi connectivity index (χ1) is 19.1. The van der Waals surface area contributed by atoms with E-state index >= 15 is 0 Å². The number of carbonyl (C=O) groups excluding carboxylic acids is 3. The van der Waals surface area contributed by atoms with Gasteiger partial charge >= 0.3 is 11.7 Å². The molecule has 15 nitrogen and oxygen atoms in total. The maximum absolute atomic E-state index is 13.1. The Hall–Kier alpha value is -5.86. The number of aromatic nitrogens is 5. The predicted octanol–water partition coefficient (Wildman–Crippen LogP) is 0.154. The second kappa shape index (κ2) is 10.1. The van der Waals surface area contributed by atoms with E-state index in [0.717, 1.165) is 4.52 Å². The van der Waals surface area contributed by atoms with Gasteiger partial charge in [-0.2, -0.15) is 4.52 Å². The maximum atomic E-state index is 13.1. The average molecular weight is 544 g/mol. The van der Waals surface area contributed by atoms with Gasteiger partial charge in [0.05, 0.1) is 17.3 Å². The SMILES string of the molecule is Cn1c(=O)oc2ccc(CNC(=O)c3cc(C(=O)N[C@@H](C(N)=O)c4ccc(C(=O)O)cc4)nc4cnnn34)cc21. The minimum atomic E-state index is -1.30. The molecule has 3 heterocycles. The number of carbonyl (C=O) groups is 4. The molecular formula is C25H20N8O7. The Labute approximate surface area is 223 Å². The standard InChI is InChI=1S/C25H20N8O7/c1-32-16-8-12(2-7-18(16)40-25(32)39)10-27-23(36)17-9-15(29-19-11-28-31-33(17)19)22(35)30-20(21(26)34)13-3-5-14(6-4-13)24(37)38/h2-9,11,20H,10H2,1H3,(H2,26,34)(H,27,36)(H,30,35)(H,37,38)/t20-/m1/s1. The van der Waals surface area contributed by atoms with Gasteiger partial charge < -0.3 is 25.9 Å². The minimum absolute atomic E-state index is 0.0111. The van der Waals surface area contributed by atoms with Crippen molar-refractivity contribution in [1.82, 2.24) is 35.0 Å². The van der Waals surface area contributed by atoms with E-state index in [1.54, 1.807) is 25.2 Å². The molecule has 0 fully saturated rings. The Morgan fingerprint density at radius 1 is 1.07 bits per heavy atom. The molecule has 5 N–H and O–H groups in total. The van der Waals surface area contributed by atoms with E-state index in [1.807, 2.05) is 0 Å². The smallest absolute Gasteiger partial charge is 0.419 e. The van der Waals surface area contributed by atoms with E-state index in [4.69, 9.17) is 15.3 Å². The van der Waals surface area contributed by atoms with Crippen LogP contribution >= 0.6 is 0 Å². The number of benzene rings is 2. The highest BCUT2D eigenvalue weighted by molar-refractivity contribution is 6.00. The van der Waals surface area contributed by atoms with Crippen molar-refractivity contribution in [2.75, 3.05) is 0 Å². The molecule has 0 saturated carbocycles. The first kappa shape index (κ1) is 25.8. The summed E-state index contributed by atoms with van der Waals surface area (Å²) in [5.41, 5.74) is 7.17. The van der Waals surface area contributed by atoms with Crippen molar-refractivity contribution in [2.24, 2.45) is 12.8 Å². The van der Waals surface area contributed by atoms with Crippen LogP contribution < -0.4 is 22.1 Å². The van der Waals surface area contributed by atoms with Gasteiger partial charge in [-0.15, -0.1) is 5.10 Å². The fraction of sp³-hybridized carbons (Fsp3) is 0.120. The highest BCUT2D eigenvalue weighted by atomic mass is 16.4. The summed E-state index contributed by atoms with van der Waals surface area (Å²) in [6.07, 6.45) is 1.25. The van der Waals surface area contributed by atoms with Crippen molar-refractivity contribution in [3.63, 3.8) is 0 Å². The highest BCUT2D eigenvalue weighted by Gasteiger charge is 2.24. The molecule has 0 unspecified atom stereocenters. The summed E-state index contributed by atoms with van der Waals surface area (Å²) in [7, 11) is 1.56. The van der Waals surface area contributed by atoms with Crippen molar-refractivity contribution in [2.45, 2.75) is 12.6 Å². The van der Waals surface area contributed by atoms with Crippen molar-refractivity contribution in [3.05, 3.63) is 93.4 Å². The van der Waals surface area contributed by atoms with Gasteiger partial charge in [-0.3, -0.25) is 19.0 Å². The number of primary amides is 1. The number of nitrogens with two attached hydrogens (primary N) is 1. The normalized spacial score (nSPS) is 11.8. The quantitative estimate of drug-likeness (QED) is 0.207. The van der Waals surface area contributed by atoms with Crippen LogP contribution in [0.3, 0.4) is 0 Å². The minimum Gasteiger partial charge on any atom is -0.478 e. The molecule has 0 bridgehead atoms. The Kier molecular flexibility index (Phi) is 6.53. The van der Waals surface area contributed by atoms with Crippen LogP contribution in [0.15, 0.2) is 63.9 Å². The number of nitrogens with zero attached hydrogens (tertiary/aromatic N) is 5. The summed E-state index contributed by atoms with van der Waals surface area (Å²) in [5.74, 6) is -3.99. The van der Waals surface area contributed by atoms with Gasteiger partial charge in [0.1, 0.15) is 17.4 Å². The van der Waals surface area contributed by atoms with Gasteiger partial charge in [-0.25, -0.2) is 14.6 Å². The summed E-state index contributed by atoms with van der Waals surface area (Å²) in [5, 5.41) is 21.9. The third-order valence-corrected chi connectivity index (χ3v) is 6.09. The summed E-state index contributed by atoms with van der Waals surface area (Å²) < 4.78 is 7.60. The Morgan fingerprint density at radius 2 is 1.82 bits per heavy atom. The largest absolute Gasteiger partial charge is 0.478 e. The molecule has 0 aliphatic carbocycles. The summed E-state index contributed by atoms with van der Waals surface area (Å²) in [6.45, 7) is 0.0737. The van der Waals surface area contributed by atoms with Crippen LogP contribution in [-0.4, -0.2) is 53.2 Å². The molecule has 40 heavy (non-hydrogen) atoms. The zero-order valence-electron chi connectivity index (χ0n) is 20.7. The second-order valence-corrected chi connectivity index (χ2v) is 8.68. The number of hydrogen-bond acceptors (Lipinski definition) is 9. The average Bonchev–Trinajstić information content (AvgIpc) is 3.53. The van der Waals surface area contributed by atoms with Crippen LogP contribution in [-0.2, 0) is 18.4 Å². The van der Waals surface area contributed by atoms with Gasteiger partial charge in [-0.05, 0) is 35.4 Å². The molecular weight excluding hydrogens is 524 g/mol. The molecule has 3 aromatic heterocycles. The Bertz CT molecular complexity index is 1870. The molecule has 202 valence electrons. The number of nitrogens with one attached hydrogen (secondary N) is 2. The van der Waals surface area contributed by atoms with Crippen molar-refractivity contribution in [3.8, 4) is 0 Å². The van der Waals surface area contributed by atoms with Gasteiger partial charge in [0, 0.05) is 19.7 Å². The van der Waals surface area contributed by atoms with Gasteiger partial charge in [0.25, 0.3) is 11.8 Å². The highest BCUT2D eigenvalue weighted by Crippen LogP contribution is 2.17. The lowest BCUT2D eigenvalue weighted by Crippen LogP contribution is -2.38. The van der Waals surface area contributed by atoms with Crippen LogP contribution in [0.4, 0.5) is 0 Å². The lowest BCUT2D eigenvalue weighted by Gasteiger charge is -2.16. The van der Waals surface area contributed by atoms with E-state index < -0.39 is 35.5 Å². The summed E-state index contributed by atoms with van der Waals surface area (Å²) in [6, 6.07) is 10.1. The van der Waals surface area contributed by atoms with Crippen molar-refractivity contribution in [1.29, 1.82) is 0 Å². The Morgan fingerprint density at radius 3 is 2.52 bits per heavy atom. The lowest BCUT2D eigenvalue weighted by atomic mass is 10.0. The second-order valence-electron chi connectivity index (χ2n) is 8.68.